The second-order valence-corrected chi connectivity index (χ2v) is 7.58. The van der Waals surface area contributed by atoms with E-state index < -0.39 is 0 Å². The summed E-state index contributed by atoms with van der Waals surface area (Å²) in [6, 6.07) is 8.40. The van der Waals surface area contributed by atoms with E-state index >= 15 is 0 Å². The maximum atomic E-state index is 11.9. The Morgan fingerprint density at radius 3 is 2.56 bits per heavy atom. The van der Waals surface area contributed by atoms with Crippen LogP contribution >= 0.6 is 0 Å². The summed E-state index contributed by atoms with van der Waals surface area (Å²) in [6.45, 7) is 10.6. The topological polar surface area (TPSA) is 33.5 Å². The highest BCUT2D eigenvalue weighted by Gasteiger charge is 2.26. The third-order valence-corrected chi connectivity index (χ3v) is 4.79. The normalized spacial score (nSPS) is 17.3. The zero-order valence-corrected chi connectivity index (χ0v) is 15.6. The van der Waals surface area contributed by atoms with Crippen LogP contribution < -0.4 is 4.90 Å². The summed E-state index contributed by atoms with van der Waals surface area (Å²) >= 11 is 0. The third kappa shape index (κ3) is 4.04. The summed E-state index contributed by atoms with van der Waals surface area (Å²) < 4.78 is 5.99. The lowest BCUT2D eigenvalue weighted by molar-refractivity contribution is -0.116. The molecule has 3 rings (SSSR count). The van der Waals surface area contributed by atoms with Crippen LogP contribution in [0.5, 0.6) is 0 Å². The number of fused-ring (bicyclic) bond motifs is 1. The predicted octanol–water partition coefficient (Wildman–Crippen LogP) is 5.61. The molecule has 1 aromatic heterocycles. The quantitative estimate of drug-likeness (QED) is 0.711. The standard InChI is InChI=1S/C22H27NO2/c1-5-23(6-2)18-9-8-17-12-20(25-21(17)13-18)10-7-16-11-19(24)15-22(3,4)14-16/h7-13H,5-6,14-15H2,1-4H3/b10-7+. The fraction of sp³-hybridized carbons (Fsp3) is 0.409. The smallest absolute Gasteiger partial charge is 0.156 e. The monoisotopic (exact) mass is 337 g/mol. The maximum absolute atomic E-state index is 11.9. The largest absolute Gasteiger partial charge is 0.457 e. The number of allylic oxidation sites excluding steroid dienone is 3. The Bertz CT molecular complexity index is 835. The highest BCUT2D eigenvalue weighted by atomic mass is 16.3. The summed E-state index contributed by atoms with van der Waals surface area (Å²) in [5.41, 5.74) is 3.20. The first-order chi connectivity index (χ1) is 11.9. The maximum Gasteiger partial charge on any atom is 0.156 e. The molecule has 0 aliphatic heterocycles. The molecule has 1 aliphatic carbocycles. The minimum Gasteiger partial charge on any atom is -0.457 e. The number of rotatable bonds is 5. The van der Waals surface area contributed by atoms with Gasteiger partial charge in [-0.3, -0.25) is 4.79 Å². The highest BCUT2D eigenvalue weighted by Crippen LogP contribution is 2.34. The van der Waals surface area contributed by atoms with Crippen LogP contribution in [0.15, 0.2) is 46.4 Å². The van der Waals surface area contributed by atoms with E-state index in [1.165, 1.54) is 5.69 Å². The van der Waals surface area contributed by atoms with Gasteiger partial charge in [-0.15, -0.1) is 0 Å². The first-order valence-electron chi connectivity index (χ1n) is 9.10. The fourth-order valence-electron chi connectivity index (χ4n) is 3.60. The molecule has 1 aliphatic rings. The van der Waals surface area contributed by atoms with Crippen LogP contribution in [0.1, 0.15) is 46.3 Å². The van der Waals surface area contributed by atoms with Gasteiger partial charge in [-0.2, -0.15) is 0 Å². The van der Waals surface area contributed by atoms with E-state index in [0.29, 0.717) is 6.42 Å². The second-order valence-electron chi connectivity index (χ2n) is 7.58. The van der Waals surface area contributed by atoms with Crippen molar-refractivity contribution in [2.45, 2.75) is 40.5 Å². The molecule has 0 fully saturated rings. The zero-order chi connectivity index (χ0) is 18.0. The van der Waals surface area contributed by atoms with Crippen LogP contribution in [0.25, 0.3) is 17.0 Å². The van der Waals surface area contributed by atoms with E-state index in [1.54, 1.807) is 6.08 Å². The summed E-state index contributed by atoms with van der Waals surface area (Å²) in [7, 11) is 0. The van der Waals surface area contributed by atoms with Crippen molar-refractivity contribution in [3.8, 4) is 0 Å². The Kier molecular flexibility index (Phi) is 4.85. The Morgan fingerprint density at radius 1 is 1.12 bits per heavy atom. The van der Waals surface area contributed by atoms with Crippen LogP contribution in [0.4, 0.5) is 5.69 Å². The van der Waals surface area contributed by atoms with Gasteiger partial charge in [0.2, 0.25) is 0 Å². The van der Waals surface area contributed by atoms with Gasteiger partial charge in [0.25, 0.3) is 0 Å². The second kappa shape index (κ2) is 6.91. The van der Waals surface area contributed by atoms with Gasteiger partial charge in [0.1, 0.15) is 11.3 Å². The number of carbonyl (C=O) groups is 1. The molecule has 0 saturated carbocycles. The van der Waals surface area contributed by atoms with Gasteiger partial charge in [-0.05, 0) is 61.6 Å². The van der Waals surface area contributed by atoms with E-state index in [2.05, 4.69) is 50.8 Å². The number of carbonyl (C=O) groups excluding carboxylic acids is 1. The van der Waals surface area contributed by atoms with Gasteiger partial charge in [0, 0.05) is 36.7 Å². The summed E-state index contributed by atoms with van der Waals surface area (Å²) in [5, 5.41) is 1.10. The molecule has 1 heterocycles. The predicted molar refractivity (Wildman–Crippen MR) is 105 cm³/mol. The van der Waals surface area contributed by atoms with E-state index in [0.717, 1.165) is 41.8 Å². The zero-order valence-electron chi connectivity index (χ0n) is 15.6. The minimum absolute atomic E-state index is 0.0397. The number of hydrogen-bond donors (Lipinski definition) is 0. The Labute approximate surface area is 150 Å². The number of furan rings is 1. The fourth-order valence-corrected chi connectivity index (χ4v) is 3.60. The summed E-state index contributed by atoms with van der Waals surface area (Å²) in [4.78, 5) is 14.2. The first-order valence-corrected chi connectivity index (χ1v) is 9.10. The third-order valence-electron chi connectivity index (χ3n) is 4.79. The van der Waals surface area contributed by atoms with Gasteiger partial charge in [0.05, 0.1) is 0 Å². The molecule has 25 heavy (non-hydrogen) atoms. The van der Waals surface area contributed by atoms with Crippen LogP contribution in [0.3, 0.4) is 0 Å². The van der Waals surface area contributed by atoms with Crippen LogP contribution in [-0.2, 0) is 4.79 Å². The Balaban J connectivity index is 1.83. The lowest BCUT2D eigenvalue weighted by atomic mass is 9.77. The summed E-state index contributed by atoms with van der Waals surface area (Å²) in [6.07, 6.45) is 7.30. The molecule has 2 aromatic rings. The van der Waals surface area contributed by atoms with Crippen LogP contribution in [-0.4, -0.2) is 18.9 Å². The number of benzene rings is 1. The lowest BCUT2D eigenvalue weighted by Crippen LogP contribution is -2.21. The van der Waals surface area contributed by atoms with Crippen molar-refractivity contribution in [1.82, 2.24) is 0 Å². The van der Waals surface area contributed by atoms with Gasteiger partial charge in [-0.25, -0.2) is 0 Å². The van der Waals surface area contributed by atoms with E-state index in [-0.39, 0.29) is 11.2 Å². The highest BCUT2D eigenvalue weighted by molar-refractivity contribution is 5.92. The van der Waals surface area contributed by atoms with Gasteiger partial charge in [-0.1, -0.05) is 19.9 Å². The van der Waals surface area contributed by atoms with Crippen LogP contribution in [0, 0.1) is 5.41 Å². The SMILES string of the molecule is CCN(CC)c1ccc2cc(/C=C/C3=CC(=O)CC(C)(C)C3)oc2c1. The van der Waals surface area contributed by atoms with Crippen molar-refractivity contribution < 1.29 is 9.21 Å². The van der Waals surface area contributed by atoms with Crippen molar-refractivity contribution in [3.63, 3.8) is 0 Å². The van der Waals surface area contributed by atoms with Crippen molar-refractivity contribution in [2.24, 2.45) is 5.41 Å². The Morgan fingerprint density at radius 2 is 1.88 bits per heavy atom. The van der Waals surface area contributed by atoms with Crippen molar-refractivity contribution in [3.05, 3.63) is 47.8 Å². The van der Waals surface area contributed by atoms with E-state index in [4.69, 9.17) is 4.42 Å². The number of anilines is 1. The van der Waals surface area contributed by atoms with E-state index in [1.807, 2.05) is 18.2 Å². The van der Waals surface area contributed by atoms with Gasteiger partial charge >= 0.3 is 0 Å². The molecule has 0 amide bonds. The van der Waals surface area contributed by atoms with Crippen molar-refractivity contribution in [1.29, 1.82) is 0 Å². The molecule has 0 atom stereocenters. The molecule has 0 radical (unpaired) electrons. The molecular weight excluding hydrogens is 310 g/mol. The van der Waals surface area contributed by atoms with Gasteiger partial charge in [0.15, 0.2) is 5.78 Å². The number of hydrogen-bond acceptors (Lipinski definition) is 3. The van der Waals surface area contributed by atoms with E-state index in [9.17, 15) is 4.79 Å². The molecule has 0 N–H and O–H groups in total. The number of ketones is 1. The average Bonchev–Trinajstić information content (AvgIpc) is 2.94. The molecule has 3 nitrogen and oxygen atoms in total. The molecule has 0 saturated heterocycles. The van der Waals surface area contributed by atoms with Gasteiger partial charge < -0.3 is 9.32 Å². The molecule has 0 bridgehead atoms. The molecule has 132 valence electrons. The molecule has 1 aromatic carbocycles. The lowest BCUT2D eigenvalue weighted by Gasteiger charge is -2.27. The molecule has 0 unspecified atom stereocenters. The summed E-state index contributed by atoms with van der Waals surface area (Å²) in [5.74, 6) is 1.03. The average molecular weight is 337 g/mol. The first kappa shape index (κ1) is 17.5. The molecule has 0 spiro atoms. The Hall–Kier alpha value is -2.29. The van der Waals surface area contributed by atoms with Crippen molar-refractivity contribution in [2.75, 3.05) is 18.0 Å². The molecule has 3 heteroatoms. The van der Waals surface area contributed by atoms with Crippen LogP contribution in [0.2, 0.25) is 0 Å². The minimum atomic E-state index is 0.0397. The van der Waals surface area contributed by atoms with Crippen molar-refractivity contribution >= 4 is 28.5 Å². The number of nitrogens with zero attached hydrogens (tertiary/aromatic N) is 1. The molecular formula is C22H27NO2.